The van der Waals surface area contributed by atoms with Crippen molar-refractivity contribution < 1.29 is 4.74 Å². The van der Waals surface area contributed by atoms with Gasteiger partial charge in [-0.2, -0.15) is 0 Å². The van der Waals surface area contributed by atoms with Gasteiger partial charge in [0.15, 0.2) is 5.82 Å². The molecule has 8 nitrogen and oxygen atoms in total. The monoisotopic (exact) mass is 227 g/mol. The third-order valence-electron chi connectivity index (χ3n) is 2.65. The second-order valence-electron chi connectivity index (χ2n) is 3.66. The van der Waals surface area contributed by atoms with Gasteiger partial charge in [-0.3, -0.25) is 10.3 Å². The number of rotatable bonds is 4. The lowest BCUT2D eigenvalue weighted by Gasteiger charge is -2.26. The molecule has 2 heterocycles. The van der Waals surface area contributed by atoms with Crippen molar-refractivity contribution >= 4 is 5.95 Å². The zero-order chi connectivity index (χ0) is 11.4. The zero-order valence-electron chi connectivity index (χ0n) is 9.09. The smallest absolute Gasteiger partial charge is 0.257 e. The molecule has 0 radical (unpaired) electrons. The van der Waals surface area contributed by atoms with Crippen LogP contribution in [-0.4, -0.2) is 52.6 Å². The number of nitrogens with two attached hydrogens (primary N) is 2. The van der Waals surface area contributed by atoms with Gasteiger partial charge in [0.05, 0.1) is 13.2 Å². The van der Waals surface area contributed by atoms with Gasteiger partial charge in [-0.15, -0.1) is 10.2 Å². The second kappa shape index (κ2) is 5.10. The fraction of sp³-hybridized carbons (Fsp3) is 0.750. The summed E-state index contributed by atoms with van der Waals surface area (Å²) in [6.07, 6.45) is 0.755. The van der Waals surface area contributed by atoms with Crippen molar-refractivity contribution in [3.05, 3.63) is 5.82 Å². The van der Waals surface area contributed by atoms with E-state index in [1.807, 2.05) is 0 Å². The van der Waals surface area contributed by atoms with Crippen molar-refractivity contribution in [1.82, 2.24) is 19.8 Å². The summed E-state index contributed by atoms with van der Waals surface area (Å²) in [5.41, 5.74) is 2.38. The Hall–Kier alpha value is -1.38. The van der Waals surface area contributed by atoms with Gasteiger partial charge in [-0.1, -0.05) is 0 Å². The van der Waals surface area contributed by atoms with E-state index in [0.29, 0.717) is 5.95 Å². The molecule has 1 aliphatic rings. The van der Waals surface area contributed by atoms with Gasteiger partial charge in [0, 0.05) is 26.1 Å². The molecule has 0 unspecified atom stereocenters. The van der Waals surface area contributed by atoms with E-state index in [9.17, 15) is 0 Å². The molecule has 0 aliphatic carbocycles. The van der Waals surface area contributed by atoms with E-state index >= 15 is 0 Å². The van der Waals surface area contributed by atoms with Crippen molar-refractivity contribution in [1.29, 1.82) is 0 Å². The summed E-state index contributed by atoms with van der Waals surface area (Å²) >= 11 is 0. The van der Waals surface area contributed by atoms with Crippen molar-refractivity contribution in [2.45, 2.75) is 6.42 Å². The van der Waals surface area contributed by atoms with Crippen LogP contribution in [0.3, 0.4) is 0 Å². The Morgan fingerprint density at radius 3 is 2.69 bits per heavy atom. The van der Waals surface area contributed by atoms with Crippen LogP contribution in [0.2, 0.25) is 0 Å². The summed E-state index contributed by atoms with van der Waals surface area (Å²) in [4.78, 5) is 2.31. The maximum absolute atomic E-state index is 5.74. The number of hydrazine groups is 1. The maximum atomic E-state index is 5.74. The van der Waals surface area contributed by atoms with Crippen LogP contribution >= 0.6 is 0 Å². The summed E-state index contributed by atoms with van der Waals surface area (Å²) < 4.78 is 6.65. The molecule has 1 saturated heterocycles. The molecule has 2 rings (SSSR count). The predicted octanol–water partition coefficient (Wildman–Crippen LogP) is -1.85. The number of hydrogen-bond donors (Lipinski definition) is 3. The van der Waals surface area contributed by atoms with Crippen LogP contribution in [-0.2, 0) is 11.2 Å². The van der Waals surface area contributed by atoms with E-state index in [4.69, 9.17) is 16.4 Å². The number of ether oxygens (including phenoxy) is 1. The second-order valence-corrected chi connectivity index (χ2v) is 3.66. The molecule has 90 valence electrons. The third-order valence-corrected chi connectivity index (χ3v) is 2.65. The van der Waals surface area contributed by atoms with Crippen molar-refractivity contribution in [3.63, 3.8) is 0 Å². The lowest BCUT2D eigenvalue weighted by Crippen LogP contribution is -2.38. The van der Waals surface area contributed by atoms with Crippen LogP contribution in [0.5, 0.6) is 0 Å². The van der Waals surface area contributed by atoms with Crippen molar-refractivity contribution in [2.24, 2.45) is 5.84 Å². The number of aromatic nitrogens is 3. The fourth-order valence-electron chi connectivity index (χ4n) is 1.68. The Labute approximate surface area is 93.5 Å². The van der Waals surface area contributed by atoms with Crippen LogP contribution in [0.15, 0.2) is 0 Å². The molecular weight excluding hydrogens is 210 g/mol. The molecular formula is C8H17N7O. The molecule has 0 amide bonds. The number of hydrogen-bond acceptors (Lipinski definition) is 7. The summed E-state index contributed by atoms with van der Waals surface area (Å²) in [5.74, 6) is 12.1. The minimum atomic E-state index is 0.372. The molecule has 1 aromatic rings. The molecule has 0 saturated carbocycles. The van der Waals surface area contributed by atoms with Gasteiger partial charge in [-0.05, 0) is 0 Å². The predicted molar refractivity (Wildman–Crippen MR) is 58.9 cm³/mol. The minimum absolute atomic E-state index is 0.372. The quantitative estimate of drug-likeness (QED) is 0.409. The normalized spacial score (nSPS) is 17.6. The van der Waals surface area contributed by atoms with Crippen molar-refractivity contribution in [3.8, 4) is 0 Å². The molecule has 8 heteroatoms. The molecule has 16 heavy (non-hydrogen) atoms. The first-order valence-corrected chi connectivity index (χ1v) is 5.27. The number of morpholine rings is 1. The Morgan fingerprint density at radius 1 is 1.31 bits per heavy atom. The number of nitrogens with one attached hydrogen (secondary N) is 1. The Balaban J connectivity index is 1.86. The van der Waals surface area contributed by atoms with E-state index in [2.05, 4.69) is 20.5 Å². The largest absolute Gasteiger partial charge is 0.379 e. The molecule has 0 atom stereocenters. The van der Waals surface area contributed by atoms with Crippen LogP contribution in [0, 0.1) is 0 Å². The maximum Gasteiger partial charge on any atom is 0.257 e. The molecule has 0 aromatic carbocycles. The average Bonchev–Trinajstić information content (AvgIpc) is 2.69. The summed E-state index contributed by atoms with van der Waals surface area (Å²) in [7, 11) is 0. The molecule has 1 fully saturated rings. The zero-order valence-corrected chi connectivity index (χ0v) is 9.09. The Morgan fingerprint density at radius 2 is 2.06 bits per heavy atom. The van der Waals surface area contributed by atoms with Gasteiger partial charge < -0.3 is 10.6 Å². The third kappa shape index (κ3) is 2.40. The highest BCUT2D eigenvalue weighted by Crippen LogP contribution is 2.04. The van der Waals surface area contributed by atoms with Crippen LogP contribution in [0.4, 0.5) is 5.95 Å². The fourth-order valence-corrected chi connectivity index (χ4v) is 1.68. The minimum Gasteiger partial charge on any atom is -0.379 e. The van der Waals surface area contributed by atoms with Gasteiger partial charge in [0.2, 0.25) is 0 Å². The first-order chi connectivity index (χ1) is 7.81. The van der Waals surface area contributed by atoms with E-state index in [1.54, 1.807) is 0 Å². The van der Waals surface area contributed by atoms with Crippen LogP contribution in [0.25, 0.3) is 0 Å². The first kappa shape index (κ1) is 11.1. The van der Waals surface area contributed by atoms with Gasteiger partial charge >= 0.3 is 0 Å². The van der Waals surface area contributed by atoms with Crippen molar-refractivity contribution in [2.75, 3.05) is 44.1 Å². The average molecular weight is 227 g/mol. The standard InChI is InChI=1S/C8H17N7O/c9-11-8-13-12-7(15(8)10)1-2-14-3-5-16-6-4-14/h1-6,9-10H2,(H,11,13). The lowest BCUT2D eigenvalue weighted by atomic mass is 10.3. The van der Waals surface area contributed by atoms with Gasteiger partial charge in [0.1, 0.15) is 0 Å². The molecule has 5 N–H and O–H groups in total. The number of anilines is 1. The number of nitrogens with zero attached hydrogens (tertiary/aromatic N) is 4. The molecule has 1 aromatic heterocycles. The van der Waals surface area contributed by atoms with E-state index in [-0.39, 0.29) is 0 Å². The van der Waals surface area contributed by atoms with E-state index in [1.165, 1.54) is 4.68 Å². The highest BCUT2D eigenvalue weighted by molar-refractivity contribution is 5.23. The van der Waals surface area contributed by atoms with E-state index < -0.39 is 0 Å². The van der Waals surface area contributed by atoms with E-state index in [0.717, 1.165) is 45.1 Å². The van der Waals surface area contributed by atoms with Gasteiger partial charge in [0.25, 0.3) is 5.95 Å². The summed E-state index contributed by atoms with van der Waals surface area (Å²) in [6, 6.07) is 0. The summed E-state index contributed by atoms with van der Waals surface area (Å²) in [6.45, 7) is 4.42. The summed E-state index contributed by atoms with van der Waals surface area (Å²) in [5, 5.41) is 7.77. The molecule has 1 aliphatic heterocycles. The SMILES string of the molecule is NNc1nnc(CCN2CCOCC2)n1N. The highest BCUT2D eigenvalue weighted by atomic mass is 16.5. The van der Waals surface area contributed by atoms with Crippen LogP contribution in [0.1, 0.15) is 5.82 Å². The Bertz CT molecular complexity index is 333. The topological polar surface area (TPSA) is 107 Å². The van der Waals surface area contributed by atoms with Crippen LogP contribution < -0.4 is 17.1 Å². The lowest BCUT2D eigenvalue weighted by molar-refractivity contribution is 0.0381. The molecule has 0 bridgehead atoms. The van der Waals surface area contributed by atoms with Gasteiger partial charge in [-0.25, -0.2) is 10.5 Å². The number of nitrogen functional groups attached to an aromatic ring is 2. The first-order valence-electron chi connectivity index (χ1n) is 5.27. The highest BCUT2D eigenvalue weighted by Gasteiger charge is 2.13. The Kier molecular flexibility index (Phi) is 3.54. The molecule has 0 spiro atoms.